The Hall–Kier alpha value is -1.46. The van der Waals surface area contributed by atoms with Crippen LogP contribution in [-0.2, 0) is 20.7 Å². The number of rotatable bonds is 5. The fourth-order valence-electron chi connectivity index (χ4n) is 4.84. The van der Waals surface area contributed by atoms with E-state index in [1.807, 2.05) is 52.0 Å². The van der Waals surface area contributed by atoms with Crippen LogP contribution in [0.25, 0.3) is 10.9 Å². The lowest BCUT2D eigenvalue weighted by atomic mass is 9.93. The molecule has 0 unspecified atom stereocenters. The minimum absolute atomic E-state index is 0.248. The largest absolute Gasteiger partial charge is 0.496 e. The third kappa shape index (κ3) is 4.80. The predicted octanol–water partition coefficient (Wildman–Crippen LogP) is 5.46. The number of amides is 1. The lowest BCUT2D eigenvalue weighted by Gasteiger charge is -2.42. The number of carbonyl (C=O) groups excluding carboxylic acids is 1. The molecular formula is C24H34BrN3O5S. The second kappa shape index (κ2) is 9.54. The summed E-state index contributed by atoms with van der Waals surface area (Å²) in [6.07, 6.45) is 2.43. The minimum Gasteiger partial charge on any atom is -0.496 e. The maximum Gasteiger partial charge on any atom is 0.412 e. The van der Waals surface area contributed by atoms with Gasteiger partial charge in [-0.25, -0.2) is 4.79 Å². The van der Waals surface area contributed by atoms with E-state index in [0.717, 1.165) is 33.2 Å². The molecule has 1 aromatic carbocycles. The van der Waals surface area contributed by atoms with Gasteiger partial charge in [0.2, 0.25) is 0 Å². The molecule has 34 heavy (non-hydrogen) atoms. The molecule has 0 radical (unpaired) electrons. The van der Waals surface area contributed by atoms with Gasteiger partial charge < -0.3 is 19.2 Å². The first-order chi connectivity index (χ1) is 16.0. The molecule has 1 N–H and O–H groups in total. The molecule has 0 aliphatic carbocycles. The molecule has 2 aromatic rings. The summed E-state index contributed by atoms with van der Waals surface area (Å²) in [6, 6.07) is 3.55. The van der Waals surface area contributed by atoms with Crippen LogP contribution in [0, 0.1) is 0 Å². The zero-order valence-corrected chi connectivity index (χ0v) is 23.3. The Balaban J connectivity index is 1.81. The summed E-state index contributed by atoms with van der Waals surface area (Å²) in [7, 11) is 1.67. The normalized spacial score (nSPS) is 22.8. The van der Waals surface area contributed by atoms with Crippen molar-refractivity contribution in [3.63, 3.8) is 0 Å². The van der Waals surface area contributed by atoms with E-state index in [-0.39, 0.29) is 12.1 Å². The van der Waals surface area contributed by atoms with Crippen LogP contribution in [0.5, 0.6) is 5.75 Å². The number of benzene rings is 1. The third-order valence-electron chi connectivity index (χ3n) is 6.21. The van der Waals surface area contributed by atoms with Gasteiger partial charge in [-0.3, -0.25) is 9.74 Å². The molecule has 8 nitrogen and oxygen atoms in total. The van der Waals surface area contributed by atoms with Crippen LogP contribution in [-0.4, -0.2) is 70.9 Å². The van der Waals surface area contributed by atoms with Gasteiger partial charge in [0.15, 0.2) is 0 Å². The maximum atomic E-state index is 13.4. The molecule has 3 heterocycles. The van der Waals surface area contributed by atoms with E-state index in [2.05, 4.69) is 27.0 Å². The Kier molecular flexibility index (Phi) is 7.19. The lowest BCUT2D eigenvalue weighted by Crippen LogP contribution is -2.55. The molecule has 2 aliphatic rings. The first-order valence-electron chi connectivity index (χ1n) is 11.4. The van der Waals surface area contributed by atoms with E-state index < -0.39 is 17.4 Å². The third-order valence-corrected chi connectivity index (χ3v) is 7.17. The highest BCUT2D eigenvalue weighted by Crippen LogP contribution is 2.44. The second-order valence-electron chi connectivity index (χ2n) is 10.1. The zero-order chi connectivity index (χ0) is 24.8. The van der Waals surface area contributed by atoms with Gasteiger partial charge in [0.05, 0.1) is 30.3 Å². The molecule has 0 saturated carbocycles. The number of hydrogen-bond donors (Lipinski definition) is 1. The molecular weight excluding hydrogens is 522 g/mol. The number of halogens is 1. The Morgan fingerprint density at radius 1 is 1.35 bits per heavy atom. The number of H-pyrrole nitrogens is 1. The van der Waals surface area contributed by atoms with E-state index in [1.165, 1.54) is 5.56 Å². The first kappa shape index (κ1) is 25.6. The zero-order valence-electron chi connectivity index (χ0n) is 20.9. The fraction of sp³-hybridized carbons (Fsp3) is 0.625. The van der Waals surface area contributed by atoms with Crippen LogP contribution in [0.2, 0.25) is 0 Å². The van der Waals surface area contributed by atoms with Crippen molar-refractivity contribution in [2.24, 2.45) is 0 Å². The summed E-state index contributed by atoms with van der Waals surface area (Å²) >= 11 is 5.21. The van der Waals surface area contributed by atoms with Crippen molar-refractivity contribution < 1.29 is 23.8 Å². The van der Waals surface area contributed by atoms with E-state index >= 15 is 0 Å². The molecule has 0 bridgehead atoms. The van der Waals surface area contributed by atoms with E-state index in [4.69, 9.17) is 19.0 Å². The SMILES string of the molecule is COc1cc2c3c([nH]c2cc1Br)[C@H]([C@H]1COC(C)(C)N1C(=O)OC(C)(C)C)N(OCSC)CC3. The molecule has 2 atom stereocenters. The van der Waals surface area contributed by atoms with Crippen molar-refractivity contribution in [2.75, 3.05) is 32.5 Å². The molecule has 4 rings (SSSR count). The van der Waals surface area contributed by atoms with Crippen LogP contribution >= 0.6 is 27.7 Å². The Morgan fingerprint density at radius 2 is 2.09 bits per heavy atom. The van der Waals surface area contributed by atoms with Crippen LogP contribution in [0.3, 0.4) is 0 Å². The van der Waals surface area contributed by atoms with E-state index in [1.54, 1.807) is 23.8 Å². The van der Waals surface area contributed by atoms with Crippen molar-refractivity contribution in [3.05, 3.63) is 27.9 Å². The standard InChI is InChI=1S/C24H34BrN3O5S/c1-23(2,3)33-22(29)28-18(12-31-24(28,4)5)21-20-14(8-9-27(21)32-13-34-7)15-10-19(30-6)16(25)11-17(15)26-20/h10-11,18,21,26H,8-9,12-13H2,1-7H3/t18-,21+/m1/s1. The molecule has 10 heteroatoms. The van der Waals surface area contributed by atoms with Gasteiger partial charge in [0.1, 0.15) is 23.0 Å². The number of fused-ring (bicyclic) bond motifs is 3. The van der Waals surface area contributed by atoms with Gasteiger partial charge in [-0.15, -0.1) is 11.8 Å². The highest BCUT2D eigenvalue weighted by atomic mass is 79.9. The second-order valence-corrected chi connectivity index (χ2v) is 11.8. The average molecular weight is 557 g/mol. The van der Waals surface area contributed by atoms with Crippen LogP contribution < -0.4 is 4.74 Å². The molecule has 1 fully saturated rings. The Labute approximate surface area is 213 Å². The molecule has 0 spiro atoms. The number of aromatic amines is 1. The van der Waals surface area contributed by atoms with Crippen molar-refractivity contribution in [1.29, 1.82) is 0 Å². The number of aromatic nitrogens is 1. The molecule has 1 saturated heterocycles. The number of hydrogen-bond acceptors (Lipinski definition) is 7. The summed E-state index contributed by atoms with van der Waals surface area (Å²) < 4.78 is 18.4. The number of nitrogens with zero attached hydrogens (tertiary/aromatic N) is 2. The summed E-state index contributed by atoms with van der Waals surface area (Å²) in [4.78, 5) is 24.9. The number of thioether (sulfide) groups is 1. The van der Waals surface area contributed by atoms with Crippen LogP contribution in [0.4, 0.5) is 4.79 Å². The van der Waals surface area contributed by atoms with Crippen LogP contribution in [0.15, 0.2) is 16.6 Å². The highest BCUT2D eigenvalue weighted by Gasteiger charge is 2.52. The van der Waals surface area contributed by atoms with Gasteiger partial charge in [-0.1, -0.05) is 0 Å². The van der Waals surface area contributed by atoms with Gasteiger partial charge >= 0.3 is 6.09 Å². The summed E-state index contributed by atoms with van der Waals surface area (Å²) in [5.41, 5.74) is 1.83. The molecule has 1 aromatic heterocycles. The monoisotopic (exact) mass is 555 g/mol. The lowest BCUT2D eigenvalue weighted by molar-refractivity contribution is -0.188. The van der Waals surface area contributed by atoms with Crippen molar-refractivity contribution >= 4 is 44.7 Å². The summed E-state index contributed by atoms with van der Waals surface area (Å²) in [6.45, 7) is 10.5. The van der Waals surface area contributed by atoms with Crippen molar-refractivity contribution in [1.82, 2.24) is 14.9 Å². The number of carbonyl (C=O) groups is 1. The maximum absolute atomic E-state index is 13.4. The van der Waals surface area contributed by atoms with Crippen molar-refractivity contribution in [3.8, 4) is 5.75 Å². The molecule has 1 amide bonds. The number of ether oxygens (including phenoxy) is 3. The van der Waals surface area contributed by atoms with Gasteiger partial charge in [-0.05, 0) is 80.9 Å². The topological polar surface area (TPSA) is 76.3 Å². The Bertz CT molecular complexity index is 1070. The Morgan fingerprint density at radius 3 is 2.74 bits per heavy atom. The van der Waals surface area contributed by atoms with Gasteiger partial charge in [-0.2, -0.15) is 5.06 Å². The molecule has 188 valence electrons. The van der Waals surface area contributed by atoms with Gasteiger partial charge in [0.25, 0.3) is 0 Å². The van der Waals surface area contributed by atoms with Crippen molar-refractivity contribution in [2.45, 2.75) is 64.4 Å². The summed E-state index contributed by atoms with van der Waals surface area (Å²) in [5.74, 6) is 1.31. The predicted molar refractivity (Wildman–Crippen MR) is 137 cm³/mol. The molecule has 2 aliphatic heterocycles. The summed E-state index contributed by atoms with van der Waals surface area (Å²) in [5, 5.41) is 3.11. The number of hydroxylamine groups is 2. The average Bonchev–Trinajstić information content (AvgIpc) is 3.25. The minimum atomic E-state index is -0.811. The van der Waals surface area contributed by atoms with E-state index in [9.17, 15) is 4.79 Å². The quantitative estimate of drug-likeness (QED) is 0.490. The smallest absolute Gasteiger partial charge is 0.412 e. The highest BCUT2D eigenvalue weighted by molar-refractivity contribution is 9.10. The number of methoxy groups -OCH3 is 1. The fourth-order valence-corrected chi connectivity index (χ4v) is 5.58. The number of nitrogens with one attached hydrogen (secondary N) is 1. The van der Waals surface area contributed by atoms with E-state index in [0.29, 0.717) is 19.1 Å². The first-order valence-corrected chi connectivity index (χ1v) is 13.6. The van der Waals surface area contributed by atoms with Gasteiger partial charge in [0, 0.05) is 23.1 Å². The van der Waals surface area contributed by atoms with Crippen LogP contribution in [0.1, 0.15) is 51.9 Å².